The summed E-state index contributed by atoms with van der Waals surface area (Å²) >= 11 is 1.39. The molecule has 3 N–H and O–H groups in total. The van der Waals surface area contributed by atoms with Gasteiger partial charge in [-0.3, -0.25) is 4.79 Å². The van der Waals surface area contributed by atoms with Crippen LogP contribution in [-0.2, 0) is 11.2 Å². The summed E-state index contributed by atoms with van der Waals surface area (Å²) in [6, 6.07) is 1.02. The second kappa shape index (κ2) is 5.46. The standard InChI is InChI=1S/C13H20N4OS/c14-13-16-10(8-19-13)7-12(18)15-9-3-5-17-4-1-2-11(17)6-9/h8-9,11H,1-7H2,(H2,14,16)(H,15,18). The Bertz CT molecular complexity index is 461. The zero-order chi connectivity index (χ0) is 13.2. The van der Waals surface area contributed by atoms with Crippen LogP contribution in [0.2, 0.25) is 0 Å². The number of carbonyl (C=O) groups excluding carboxylic acids is 1. The molecule has 104 valence electrons. The number of hydrogen-bond acceptors (Lipinski definition) is 5. The summed E-state index contributed by atoms with van der Waals surface area (Å²) < 4.78 is 0. The van der Waals surface area contributed by atoms with Gasteiger partial charge in [-0.15, -0.1) is 11.3 Å². The van der Waals surface area contributed by atoms with E-state index in [2.05, 4.69) is 15.2 Å². The molecule has 6 heteroatoms. The molecule has 0 saturated carbocycles. The van der Waals surface area contributed by atoms with Crippen molar-refractivity contribution in [1.29, 1.82) is 0 Å². The third kappa shape index (κ3) is 3.06. The van der Waals surface area contributed by atoms with Crippen LogP contribution in [0.5, 0.6) is 0 Å². The van der Waals surface area contributed by atoms with Gasteiger partial charge in [0.2, 0.25) is 5.91 Å². The topological polar surface area (TPSA) is 71.2 Å². The van der Waals surface area contributed by atoms with Gasteiger partial charge in [0, 0.05) is 24.0 Å². The van der Waals surface area contributed by atoms with E-state index >= 15 is 0 Å². The fraction of sp³-hybridized carbons (Fsp3) is 0.692. The molecule has 0 radical (unpaired) electrons. The molecule has 2 aliphatic rings. The molecular weight excluding hydrogens is 260 g/mol. The van der Waals surface area contributed by atoms with Gasteiger partial charge >= 0.3 is 0 Å². The van der Waals surface area contributed by atoms with Crippen molar-refractivity contribution in [2.24, 2.45) is 0 Å². The van der Waals surface area contributed by atoms with Crippen LogP contribution >= 0.6 is 11.3 Å². The number of amides is 1. The minimum absolute atomic E-state index is 0.0711. The molecule has 2 fully saturated rings. The largest absolute Gasteiger partial charge is 0.375 e. The maximum absolute atomic E-state index is 12.0. The second-order valence-electron chi connectivity index (χ2n) is 5.47. The van der Waals surface area contributed by atoms with Crippen LogP contribution in [0.15, 0.2) is 5.38 Å². The molecule has 2 unspecified atom stereocenters. The van der Waals surface area contributed by atoms with E-state index in [1.807, 2.05) is 5.38 Å². The number of nitrogens with two attached hydrogens (primary N) is 1. The van der Waals surface area contributed by atoms with Crippen molar-refractivity contribution in [1.82, 2.24) is 15.2 Å². The molecule has 2 atom stereocenters. The highest BCUT2D eigenvalue weighted by molar-refractivity contribution is 7.13. The van der Waals surface area contributed by atoms with Gasteiger partial charge in [0.15, 0.2) is 5.13 Å². The molecule has 0 aromatic carbocycles. The van der Waals surface area contributed by atoms with Crippen molar-refractivity contribution in [3.8, 4) is 0 Å². The number of nitrogens with zero attached hydrogens (tertiary/aromatic N) is 2. The van der Waals surface area contributed by atoms with E-state index in [0.29, 0.717) is 23.6 Å². The minimum Gasteiger partial charge on any atom is -0.375 e. The molecule has 1 amide bonds. The van der Waals surface area contributed by atoms with Gasteiger partial charge in [0.05, 0.1) is 12.1 Å². The summed E-state index contributed by atoms with van der Waals surface area (Å²) in [5, 5.41) is 5.53. The van der Waals surface area contributed by atoms with E-state index < -0.39 is 0 Å². The van der Waals surface area contributed by atoms with Crippen LogP contribution in [0, 0.1) is 0 Å². The average molecular weight is 280 g/mol. The number of piperidine rings is 1. The monoisotopic (exact) mass is 280 g/mol. The van der Waals surface area contributed by atoms with Gasteiger partial charge in [0.1, 0.15) is 0 Å². The maximum Gasteiger partial charge on any atom is 0.226 e. The minimum atomic E-state index is 0.0711. The van der Waals surface area contributed by atoms with Gasteiger partial charge in [-0.05, 0) is 32.2 Å². The number of nitrogen functional groups attached to an aromatic ring is 1. The Hall–Kier alpha value is -1.14. The molecule has 1 aromatic rings. The van der Waals surface area contributed by atoms with Gasteiger partial charge in [-0.25, -0.2) is 4.98 Å². The van der Waals surface area contributed by atoms with Crippen LogP contribution in [-0.4, -0.2) is 41.0 Å². The van der Waals surface area contributed by atoms with Crippen molar-refractivity contribution in [3.05, 3.63) is 11.1 Å². The Morgan fingerprint density at radius 2 is 2.42 bits per heavy atom. The van der Waals surface area contributed by atoms with E-state index in [4.69, 9.17) is 5.73 Å². The summed E-state index contributed by atoms with van der Waals surface area (Å²) in [6.45, 7) is 2.36. The van der Waals surface area contributed by atoms with Crippen LogP contribution in [0.1, 0.15) is 31.4 Å². The first-order chi connectivity index (χ1) is 9.20. The Labute approximate surface area is 117 Å². The van der Waals surface area contributed by atoms with Gasteiger partial charge in [0.25, 0.3) is 0 Å². The van der Waals surface area contributed by atoms with Crippen LogP contribution in [0.4, 0.5) is 5.13 Å². The van der Waals surface area contributed by atoms with E-state index in [9.17, 15) is 4.79 Å². The van der Waals surface area contributed by atoms with E-state index in [1.165, 1.54) is 30.7 Å². The summed E-state index contributed by atoms with van der Waals surface area (Å²) in [6.07, 6.45) is 5.11. The molecule has 19 heavy (non-hydrogen) atoms. The van der Waals surface area contributed by atoms with Crippen molar-refractivity contribution >= 4 is 22.4 Å². The third-order valence-electron chi connectivity index (χ3n) is 4.10. The highest BCUT2D eigenvalue weighted by Crippen LogP contribution is 2.26. The lowest BCUT2D eigenvalue weighted by atomic mass is 9.97. The summed E-state index contributed by atoms with van der Waals surface area (Å²) in [4.78, 5) is 18.7. The molecular formula is C13H20N4OS. The molecule has 2 saturated heterocycles. The predicted molar refractivity (Wildman–Crippen MR) is 76.0 cm³/mol. The first kappa shape index (κ1) is 12.9. The SMILES string of the molecule is Nc1nc(CC(=O)NC2CCN3CCCC3C2)cs1. The number of carbonyl (C=O) groups is 1. The summed E-state index contributed by atoms with van der Waals surface area (Å²) in [7, 11) is 0. The maximum atomic E-state index is 12.0. The molecule has 0 spiro atoms. The second-order valence-corrected chi connectivity index (χ2v) is 6.36. The Morgan fingerprint density at radius 3 is 3.21 bits per heavy atom. The number of rotatable bonds is 3. The smallest absolute Gasteiger partial charge is 0.226 e. The number of nitrogens with one attached hydrogen (secondary N) is 1. The van der Waals surface area contributed by atoms with Crippen LogP contribution < -0.4 is 11.1 Å². The number of hydrogen-bond donors (Lipinski definition) is 2. The highest BCUT2D eigenvalue weighted by Gasteiger charge is 2.32. The molecule has 0 bridgehead atoms. The first-order valence-corrected chi connectivity index (χ1v) is 7.82. The van der Waals surface area contributed by atoms with Gasteiger partial charge < -0.3 is 16.0 Å². The zero-order valence-corrected chi connectivity index (χ0v) is 11.8. The number of anilines is 1. The number of aromatic nitrogens is 1. The third-order valence-corrected chi connectivity index (χ3v) is 4.82. The highest BCUT2D eigenvalue weighted by atomic mass is 32.1. The lowest BCUT2D eigenvalue weighted by Gasteiger charge is -2.35. The lowest BCUT2D eigenvalue weighted by molar-refractivity contribution is -0.121. The van der Waals surface area contributed by atoms with E-state index in [1.54, 1.807) is 0 Å². The summed E-state index contributed by atoms with van der Waals surface area (Å²) in [5.41, 5.74) is 6.34. The van der Waals surface area contributed by atoms with Crippen molar-refractivity contribution < 1.29 is 4.79 Å². The van der Waals surface area contributed by atoms with Crippen LogP contribution in [0.25, 0.3) is 0 Å². The molecule has 5 nitrogen and oxygen atoms in total. The Balaban J connectivity index is 1.49. The summed E-state index contributed by atoms with van der Waals surface area (Å²) in [5.74, 6) is 0.0711. The average Bonchev–Trinajstić information content (AvgIpc) is 2.97. The van der Waals surface area contributed by atoms with Gasteiger partial charge in [-0.2, -0.15) is 0 Å². The predicted octanol–water partition coefficient (Wildman–Crippen LogP) is 1.01. The van der Waals surface area contributed by atoms with Crippen molar-refractivity contribution in [3.63, 3.8) is 0 Å². The Morgan fingerprint density at radius 1 is 1.53 bits per heavy atom. The molecule has 3 heterocycles. The molecule has 3 rings (SSSR count). The number of thiazole rings is 1. The van der Waals surface area contributed by atoms with Crippen LogP contribution in [0.3, 0.4) is 0 Å². The Kier molecular flexibility index (Phi) is 3.70. The van der Waals surface area contributed by atoms with Crippen molar-refractivity contribution in [2.45, 2.75) is 44.2 Å². The van der Waals surface area contributed by atoms with Crippen molar-refractivity contribution in [2.75, 3.05) is 18.8 Å². The van der Waals surface area contributed by atoms with E-state index in [0.717, 1.165) is 25.1 Å². The number of fused-ring (bicyclic) bond motifs is 1. The zero-order valence-electron chi connectivity index (χ0n) is 11.0. The lowest BCUT2D eigenvalue weighted by Crippen LogP contribution is -2.47. The van der Waals surface area contributed by atoms with Gasteiger partial charge in [-0.1, -0.05) is 0 Å². The molecule has 2 aliphatic heterocycles. The molecule has 0 aliphatic carbocycles. The first-order valence-electron chi connectivity index (χ1n) is 6.94. The fourth-order valence-electron chi connectivity index (χ4n) is 3.20. The fourth-order valence-corrected chi connectivity index (χ4v) is 3.77. The quantitative estimate of drug-likeness (QED) is 0.867. The normalized spacial score (nSPS) is 27.2. The van der Waals surface area contributed by atoms with E-state index in [-0.39, 0.29) is 5.91 Å². The molecule has 1 aromatic heterocycles.